The van der Waals surface area contributed by atoms with E-state index < -0.39 is 14.8 Å². The molecule has 0 aromatic heterocycles. The molecule has 0 atom stereocenters. The van der Waals surface area contributed by atoms with Crippen LogP contribution in [0.1, 0.15) is 27.2 Å². The van der Waals surface area contributed by atoms with Crippen molar-refractivity contribution in [2.75, 3.05) is 41.0 Å². The van der Waals surface area contributed by atoms with E-state index in [0.29, 0.717) is 18.2 Å². The average molecular weight is 377 g/mol. The van der Waals surface area contributed by atoms with Gasteiger partial charge in [0.15, 0.2) is 0 Å². The van der Waals surface area contributed by atoms with Crippen LogP contribution in [0.5, 0.6) is 0 Å². The molecule has 8 nitrogen and oxygen atoms in total. The summed E-state index contributed by atoms with van der Waals surface area (Å²) >= 11 is 0. The Kier molecular flexibility index (Phi) is 10.6. The van der Waals surface area contributed by atoms with Crippen molar-refractivity contribution < 1.29 is 27.6 Å². The Morgan fingerprint density at radius 2 is 1.64 bits per heavy atom. The molecule has 0 aliphatic carbocycles. The molecule has 0 aromatic rings. The number of rotatable bonds is 12. The number of nitrogens with one attached hydrogen (secondary N) is 2. The van der Waals surface area contributed by atoms with Crippen LogP contribution in [0.15, 0.2) is 12.2 Å². The fraction of sp³-hybridized carbons (Fsp3) is 0.750. The van der Waals surface area contributed by atoms with E-state index in [2.05, 4.69) is 17.2 Å². The Balaban J connectivity index is 4.12. The second-order valence-electron chi connectivity index (χ2n) is 6.49. The second kappa shape index (κ2) is 11.2. The van der Waals surface area contributed by atoms with Crippen molar-refractivity contribution in [3.8, 4) is 0 Å². The highest BCUT2D eigenvalue weighted by molar-refractivity contribution is 6.60. The zero-order valence-corrected chi connectivity index (χ0v) is 17.2. The molecule has 0 aliphatic rings. The van der Waals surface area contributed by atoms with Crippen molar-refractivity contribution in [3.63, 3.8) is 0 Å². The van der Waals surface area contributed by atoms with Crippen LogP contribution in [0.3, 0.4) is 0 Å². The molecular formula is C16H32N2O6Si. The van der Waals surface area contributed by atoms with E-state index in [9.17, 15) is 9.59 Å². The van der Waals surface area contributed by atoms with E-state index in [-0.39, 0.29) is 24.6 Å². The Labute approximate surface area is 151 Å². The molecule has 2 N–H and O–H groups in total. The van der Waals surface area contributed by atoms with Gasteiger partial charge in [0.05, 0.1) is 6.54 Å². The third-order valence-corrected chi connectivity index (χ3v) is 6.47. The van der Waals surface area contributed by atoms with E-state index in [0.717, 1.165) is 6.42 Å². The topological polar surface area (TPSA) is 95.1 Å². The minimum atomic E-state index is -2.61. The van der Waals surface area contributed by atoms with Gasteiger partial charge in [-0.2, -0.15) is 0 Å². The summed E-state index contributed by atoms with van der Waals surface area (Å²) in [6, 6.07) is 0.345. The Morgan fingerprint density at radius 1 is 1.08 bits per heavy atom. The van der Waals surface area contributed by atoms with Gasteiger partial charge in [-0.05, 0) is 18.8 Å². The summed E-state index contributed by atoms with van der Waals surface area (Å²) in [5, 5.41) is 5.44. The van der Waals surface area contributed by atoms with Crippen molar-refractivity contribution in [1.29, 1.82) is 0 Å². The molecule has 0 saturated heterocycles. The van der Waals surface area contributed by atoms with Gasteiger partial charge in [-0.3, -0.25) is 0 Å². The number of urea groups is 1. The van der Waals surface area contributed by atoms with Crippen LogP contribution in [-0.2, 0) is 22.8 Å². The molecule has 0 aliphatic heterocycles. The van der Waals surface area contributed by atoms with Crippen LogP contribution in [0.2, 0.25) is 6.04 Å². The van der Waals surface area contributed by atoms with Gasteiger partial charge in [-0.25, -0.2) is 9.59 Å². The molecule has 0 saturated carbocycles. The maximum absolute atomic E-state index is 11.8. The van der Waals surface area contributed by atoms with Gasteiger partial charge in [0.2, 0.25) is 0 Å². The number of ether oxygens (including phenoxy) is 1. The zero-order valence-electron chi connectivity index (χ0n) is 16.2. The van der Waals surface area contributed by atoms with Crippen molar-refractivity contribution in [2.45, 2.75) is 33.2 Å². The molecule has 0 spiro atoms. The van der Waals surface area contributed by atoms with Crippen LogP contribution in [-0.4, -0.2) is 61.8 Å². The lowest BCUT2D eigenvalue weighted by molar-refractivity contribution is -0.138. The number of esters is 1. The van der Waals surface area contributed by atoms with Crippen molar-refractivity contribution in [1.82, 2.24) is 10.6 Å². The molecule has 0 radical (unpaired) electrons. The monoisotopic (exact) mass is 376 g/mol. The molecule has 0 unspecified atom stereocenters. The van der Waals surface area contributed by atoms with Gasteiger partial charge in [0.25, 0.3) is 0 Å². The number of amides is 2. The first-order valence-corrected chi connectivity index (χ1v) is 10.0. The van der Waals surface area contributed by atoms with Crippen molar-refractivity contribution in [3.05, 3.63) is 12.2 Å². The van der Waals surface area contributed by atoms with E-state index in [1.54, 1.807) is 28.3 Å². The summed E-state index contributed by atoms with van der Waals surface area (Å²) < 4.78 is 21.1. The van der Waals surface area contributed by atoms with Gasteiger partial charge < -0.3 is 28.6 Å². The summed E-state index contributed by atoms with van der Waals surface area (Å²) in [6.45, 7) is 9.95. The summed E-state index contributed by atoms with van der Waals surface area (Å²) in [4.78, 5) is 23.0. The fourth-order valence-corrected chi connectivity index (χ4v) is 4.04. The lowest BCUT2D eigenvalue weighted by atomic mass is 9.90. The first kappa shape index (κ1) is 23.6. The predicted molar refractivity (Wildman–Crippen MR) is 97.2 cm³/mol. The zero-order chi connectivity index (χ0) is 19.5. The molecule has 25 heavy (non-hydrogen) atoms. The molecule has 9 heteroatoms. The van der Waals surface area contributed by atoms with Gasteiger partial charge >= 0.3 is 20.8 Å². The first-order valence-electron chi connectivity index (χ1n) is 8.11. The van der Waals surface area contributed by atoms with Crippen LogP contribution in [0, 0.1) is 5.41 Å². The second-order valence-corrected chi connectivity index (χ2v) is 9.58. The van der Waals surface area contributed by atoms with Crippen LogP contribution < -0.4 is 10.6 Å². The van der Waals surface area contributed by atoms with Crippen LogP contribution >= 0.6 is 0 Å². The molecular weight excluding hydrogens is 344 g/mol. The third kappa shape index (κ3) is 9.59. The summed E-state index contributed by atoms with van der Waals surface area (Å²) in [5.74, 6) is -0.467. The number of carbonyl (C=O) groups excluding carboxylic acids is 2. The van der Waals surface area contributed by atoms with Crippen molar-refractivity contribution >= 4 is 20.8 Å². The number of carbonyl (C=O) groups is 2. The molecule has 0 fully saturated rings. The molecule has 0 heterocycles. The van der Waals surface area contributed by atoms with E-state index in [1.165, 1.54) is 0 Å². The maximum atomic E-state index is 11.8. The Hall–Kier alpha value is -1.42. The highest BCUT2D eigenvalue weighted by atomic mass is 28.4. The molecule has 0 aromatic carbocycles. The molecule has 146 valence electrons. The van der Waals surface area contributed by atoms with Gasteiger partial charge in [0, 0.05) is 39.5 Å². The van der Waals surface area contributed by atoms with E-state index >= 15 is 0 Å². The highest BCUT2D eigenvalue weighted by Gasteiger charge is 2.39. The van der Waals surface area contributed by atoms with Crippen molar-refractivity contribution in [2.24, 2.45) is 5.41 Å². The minimum Gasteiger partial charge on any atom is -0.460 e. The first-order chi connectivity index (χ1) is 11.6. The van der Waals surface area contributed by atoms with E-state index in [4.69, 9.17) is 18.0 Å². The van der Waals surface area contributed by atoms with E-state index in [1.807, 2.05) is 13.8 Å². The van der Waals surface area contributed by atoms with Gasteiger partial charge in [-0.15, -0.1) is 0 Å². The van der Waals surface area contributed by atoms with Crippen LogP contribution in [0.4, 0.5) is 4.79 Å². The van der Waals surface area contributed by atoms with Gasteiger partial charge in [-0.1, -0.05) is 20.4 Å². The summed E-state index contributed by atoms with van der Waals surface area (Å²) in [7, 11) is 2.13. The number of hydrogen-bond acceptors (Lipinski definition) is 6. The smallest absolute Gasteiger partial charge is 0.460 e. The average Bonchev–Trinajstić information content (AvgIpc) is 2.58. The molecule has 0 bridgehead atoms. The predicted octanol–water partition coefficient (Wildman–Crippen LogP) is 1.70. The molecule has 0 rings (SSSR count). The quantitative estimate of drug-likeness (QED) is 0.233. The standard InChI is InChI=1S/C16H32N2O6Si/c1-13(2)14(19)24-10-9-17-15(20)18-12-16(3,4)8-11-25(21-5,22-6)23-7/h1,8-12H2,2-7H3,(H2,17,18,20). The SMILES string of the molecule is C=C(C)C(=O)OCCNC(=O)NCC(C)(C)CC[Si](OC)(OC)OC. The minimum absolute atomic E-state index is 0.103. The third-order valence-electron chi connectivity index (χ3n) is 3.74. The summed E-state index contributed by atoms with van der Waals surface area (Å²) in [6.07, 6.45) is 0.769. The van der Waals surface area contributed by atoms with Crippen LogP contribution in [0.25, 0.3) is 0 Å². The lowest BCUT2D eigenvalue weighted by Crippen LogP contribution is -2.45. The summed E-state index contributed by atoms with van der Waals surface area (Å²) in [5.41, 5.74) is 0.173. The largest absolute Gasteiger partial charge is 0.500 e. The Bertz CT molecular complexity index is 444. The molecule has 2 amide bonds. The Morgan fingerprint density at radius 3 is 2.12 bits per heavy atom. The fourth-order valence-electron chi connectivity index (χ4n) is 1.95. The lowest BCUT2D eigenvalue weighted by Gasteiger charge is -2.30. The highest BCUT2D eigenvalue weighted by Crippen LogP contribution is 2.27. The number of hydrogen-bond donors (Lipinski definition) is 2. The normalized spacial score (nSPS) is 11.8. The van der Waals surface area contributed by atoms with Gasteiger partial charge in [0.1, 0.15) is 6.61 Å². The maximum Gasteiger partial charge on any atom is 0.500 e.